The van der Waals surface area contributed by atoms with E-state index in [0.29, 0.717) is 18.0 Å². The van der Waals surface area contributed by atoms with Gasteiger partial charge in [0.25, 0.3) is 0 Å². The molecule has 0 spiro atoms. The number of halogens is 1. The van der Waals surface area contributed by atoms with Crippen molar-refractivity contribution in [3.63, 3.8) is 0 Å². The average Bonchev–Trinajstić information content (AvgIpc) is 3.07. The Morgan fingerprint density at radius 1 is 0.871 bits per heavy atom. The molecule has 1 saturated heterocycles. The molecule has 2 bridgehead atoms. The zero-order valence-corrected chi connectivity index (χ0v) is 17.7. The maximum Gasteiger partial charge on any atom is 0.240 e. The average molecular weight is 430 g/mol. The highest BCUT2D eigenvalue weighted by atomic mass is 35.5. The Bertz CT molecular complexity index is 1190. The summed E-state index contributed by atoms with van der Waals surface area (Å²) in [4.78, 5) is 27.8. The van der Waals surface area contributed by atoms with Crippen LogP contribution >= 0.6 is 11.6 Å². The molecule has 4 aliphatic rings. The fraction of sp³-hybridized carbons (Fsp3) is 0.231. The molecule has 0 aromatic heterocycles. The van der Waals surface area contributed by atoms with Crippen LogP contribution < -0.4 is 9.64 Å². The van der Waals surface area contributed by atoms with Gasteiger partial charge in [0, 0.05) is 5.92 Å². The van der Waals surface area contributed by atoms with Crippen LogP contribution in [0.15, 0.2) is 72.8 Å². The Balaban J connectivity index is 1.53. The Kier molecular flexibility index (Phi) is 3.87. The normalized spacial score (nSPS) is 27.7. The van der Waals surface area contributed by atoms with Crippen LogP contribution in [0.4, 0.5) is 5.69 Å². The van der Waals surface area contributed by atoms with Gasteiger partial charge in [0.05, 0.1) is 24.1 Å². The fourth-order valence-corrected chi connectivity index (χ4v) is 6.37. The minimum atomic E-state index is -1.06. The maximum absolute atomic E-state index is 13.8. The van der Waals surface area contributed by atoms with Crippen LogP contribution in [0.3, 0.4) is 0 Å². The van der Waals surface area contributed by atoms with Crippen molar-refractivity contribution < 1.29 is 14.3 Å². The number of imide groups is 1. The second-order valence-electron chi connectivity index (χ2n) is 8.31. The summed E-state index contributed by atoms with van der Waals surface area (Å²) >= 11 is 7.42. The predicted molar refractivity (Wildman–Crippen MR) is 118 cm³/mol. The van der Waals surface area contributed by atoms with Gasteiger partial charge in [-0.3, -0.25) is 9.59 Å². The molecule has 31 heavy (non-hydrogen) atoms. The molecule has 1 fully saturated rings. The van der Waals surface area contributed by atoms with Gasteiger partial charge in [0.1, 0.15) is 10.6 Å². The lowest BCUT2D eigenvalue weighted by Gasteiger charge is -2.50. The quantitative estimate of drug-likeness (QED) is 0.442. The molecule has 7 rings (SSSR count). The lowest BCUT2D eigenvalue weighted by Crippen LogP contribution is -2.50. The third-order valence-electron chi connectivity index (χ3n) is 6.92. The number of hydrogen-bond acceptors (Lipinski definition) is 3. The summed E-state index contributed by atoms with van der Waals surface area (Å²) in [7, 11) is 0. The van der Waals surface area contributed by atoms with Gasteiger partial charge in [-0.25, -0.2) is 4.90 Å². The Labute approximate surface area is 185 Å². The summed E-state index contributed by atoms with van der Waals surface area (Å²) in [6.07, 6.45) is 0. The van der Waals surface area contributed by atoms with Gasteiger partial charge in [0.15, 0.2) is 0 Å². The van der Waals surface area contributed by atoms with E-state index < -0.39 is 16.7 Å². The largest absolute Gasteiger partial charge is 0.494 e. The van der Waals surface area contributed by atoms with Gasteiger partial charge in [-0.15, -0.1) is 11.6 Å². The van der Waals surface area contributed by atoms with Gasteiger partial charge in [-0.05, 0) is 53.4 Å². The van der Waals surface area contributed by atoms with Crippen LogP contribution in [0.25, 0.3) is 0 Å². The topological polar surface area (TPSA) is 46.6 Å². The molecule has 5 heteroatoms. The zero-order chi connectivity index (χ0) is 21.3. The number of carbonyl (C=O) groups excluding carboxylic acids is 2. The first kappa shape index (κ1) is 18.6. The van der Waals surface area contributed by atoms with Gasteiger partial charge in [-0.1, -0.05) is 48.5 Å². The second-order valence-corrected chi connectivity index (χ2v) is 8.90. The molecule has 0 radical (unpaired) electrons. The molecule has 154 valence electrons. The molecule has 2 amide bonds. The molecular formula is C26H20ClNO3. The molecule has 3 aromatic carbocycles. The maximum atomic E-state index is 13.8. The third-order valence-corrected chi connectivity index (χ3v) is 7.56. The van der Waals surface area contributed by atoms with Crippen LogP contribution in [-0.4, -0.2) is 18.4 Å². The number of benzene rings is 3. The number of nitrogens with zero attached hydrogens (tertiary/aromatic N) is 1. The number of hydrogen-bond donors (Lipinski definition) is 0. The third kappa shape index (κ3) is 2.26. The molecular weight excluding hydrogens is 410 g/mol. The van der Waals surface area contributed by atoms with Crippen molar-refractivity contribution in [3.05, 3.63) is 95.1 Å². The van der Waals surface area contributed by atoms with E-state index in [-0.39, 0.29) is 17.7 Å². The van der Waals surface area contributed by atoms with Gasteiger partial charge < -0.3 is 4.74 Å². The van der Waals surface area contributed by atoms with E-state index in [2.05, 4.69) is 0 Å². The molecule has 0 saturated carbocycles. The molecule has 2 atom stereocenters. The summed E-state index contributed by atoms with van der Waals surface area (Å²) in [5.41, 5.74) is 4.53. The Morgan fingerprint density at radius 3 is 2.03 bits per heavy atom. The highest BCUT2D eigenvalue weighted by Crippen LogP contribution is 2.65. The number of rotatable bonds is 3. The minimum absolute atomic E-state index is 0.179. The van der Waals surface area contributed by atoms with Crippen LogP contribution in [0, 0.1) is 11.8 Å². The van der Waals surface area contributed by atoms with Crippen LogP contribution in [-0.2, 0) is 14.5 Å². The molecule has 1 heterocycles. The minimum Gasteiger partial charge on any atom is -0.494 e. The molecule has 0 N–H and O–H groups in total. The summed E-state index contributed by atoms with van der Waals surface area (Å²) in [5, 5.41) is 0. The Hall–Kier alpha value is -3.11. The highest BCUT2D eigenvalue weighted by molar-refractivity contribution is 6.33. The smallest absolute Gasteiger partial charge is 0.240 e. The van der Waals surface area contributed by atoms with E-state index in [9.17, 15) is 9.59 Å². The van der Waals surface area contributed by atoms with E-state index in [1.165, 1.54) is 4.90 Å². The van der Waals surface area contributed by atoms with Crippen LogP contribution in [0.2, 0.25) is 0 Å². The number of carbonyl (C=O) groups is 2. The number of ether oxygens (including phenoxy) is 1. The second kappa shape index (κ2) is 6.44. The zero-order valence-electron chi connectivity index (χ0n) is 16.9. The van der Waals surface area contributed by atoms with E-state index in [0.717, 1.165) is 22.3 Å². The van der Waals surface area contributed by atoms with Crippen molar-refractivity contribution in [2.24, 2.45) is 11.8 Å². The summed E-state index contributed by atoms with van der Waals surface area (Å²) < 4.78 is 5.51. The SMILES string of the molecule is CCOc1ccc(N2C(=O)[C@@H]3C4c5ccccc5C(Cl)(c5ccccc54)[C@@H]3C2=O)cc1. The molecule has 4 nitrogen and oxygen atoms in total. The van der Waals surface area contributed by atoms with Crippen molar-refractivity contribution in [1.29, 1.82) is 0 Å². The standard InChI is InChI=1S/C26H20ClNO3/c1-2-31-16-13-11-15(12-14-16)28-24(29)22-21-17-7-3-5-9-19(17)26(27,23(22)25(28)30)20-10-6-4-8-18(20)21/h3-14,21-23H,2H2,1H3/t21?,22-,23+,26?/m1/s1. The number of alkyl halides is 1. The lowest BCUT2D eigenvalue weighted by molar-refractivity contribution is -0.122. The van der Waals surface area contributed by atoms with Crippen molar-refractivity contribution in [3.8, 4) is 5.75 Å². The van der Waals surface area contributed by atoms with Crippen molar-refractivity contribution >= 4 is 29.1 Å². The number of anilines is 1. The Morgan fingerprint density at radius 2 is 1.45 bits per heavy atom. The first-order valence-corrected chi connectivity index (χ1v) is 10.9. The summed E-state index contributed by atoms with van der Waals surface area (Å²) in [6.45, 7) is 2.47. The molecule has 1 aliphatic heterocycles. The first-order valence-electron chi connectivity index (χ1n) is 10.6. The van der Waals surface area contributed by atoms with E-state index in [1.807, 2.05) is 55.5 Å². The molecule has 3 aromatic rings. The summed E-state index contributed by atoms with van der Waals surface area (Å²) in [6, 6.07) is 23.0. The molecule has 3 aliphatic carbocycles. The van der Waals surface area contributed by atoms with Crippen molar-refractivity contribution in [2.45, 2.75) is 17.7 Å². The van der Waals surface area contributed by atoms with E-state index in [4.69, 9.17) is 16.3 Å². The van der Waals surface area contributed by atoms with Crippen LogP contribution in [0.5, 0.6) is 5.75 Å². The van der Waals surface area contributed by atoms with Gasteiger partial charge >= 0.3 is 0 Å². The number of amides is 2. The lowest BCUT2D eigenvalue weighted by atomic mass is 9.54. The summed E-state index contributed by atoms with van der Waals surface area (Å²) in [5.74, 6) is -1.04. The van der Waals surface area contributed by atoms with Crippen molar-refractivity contribution in [1.82, 2.24) is 0 Å². The fourth-order valence-electron chi connectivity index (χ4n) is 5.79. The first-order chi connectivity index (χ1) is 15.1. The van der Waals surface area contributed by atoms with Gasteiger partial charge in [0.2, 0.25) is 11.8 Å². The molecule has 0 unspecified atom stereocenters. The van der Waals surface area contributed by atoms with Crippen molar-refractivity contribution in [2.75, 3.05) is 11.5 Å². The van der Waals surface area contributed by atoms with E-state index in [1.54, 1.807) is 24.3 Å². The predicted octanol–water partition coefficient (Wildman–Crippen LogP) is 4.83. The van der Waals surface area contributed by atoms with Crippen LogP contribution in [0.1, 0.15) is 35.1 Å². The highest BCUT2D eigenvalue weighted by Gasteiger charge is 2.67. The van der Waals surface area contributed by atoms with E-state index >= 15 is 0 Å². The monoisotopic (exact) mass is 429 g/mol. The van der Waals surface area contributed by atoms with Gasteiger partial charge in [-0.2, -0.15) is 0 Å².